The van der Waals surface area contributed by atoms with Crippen LogP contribution < -0.4 is 0 Å². The molecule has 16 heavy (non-hydrogen) atoms. The number of aromatic nitrogens is 4. The molecule has 1 aromatic heterocycles. The molecule has 0 radical (unpaired) electrons. The smallest absolute Gasteiger partial charge is 0.196 e. The average Bonchev–Trinajstić information content (AvgIpc) is 2.74. The molecule has 1 heterocycles. The number of H-pyrrole nitrogens is 1. The summed E-state index contributed by atoms with van der Waals surface area (Å²) < 4.78 is 13.7. The standard InChI is InChI=1S/C10H12FN5/c1-16(2)9(10-12-14-15-13-10)7-5-3-4-6-8(7)11/h3-6,9H,1-2H3,(H,12,13,14,15). The first-order chi connectivity index (χ1) is 7.70. The predicted octanol–water partition coefficient (Wildman–Crippen LogP) is 0.990. The maximum Gasteiger partial charge on any atom is 0.196 e. The summed E-state index contributed by atoms with van der Waals surface area (Å²) in [5.74, 6) is 0.182. The summed E-state index contributed by atoms with van der Waals surface area (Å²) in [6.07, 6.45) is 0. The van der Waals surface area contributed by atoms with Crippen molar-refractivity contribution in [1.82, 2.24) is 25.5 Å². The topological polar surface area (TPSA) is 57.7 Å². The van der Waals surface area contributed by atoms with Gasteiger partial charge in [0.15, 0.2) is 5.82 Å². The minimum Gasteiger partial charge on any atom is -0.296 e. The first kappa shape index (κ1) is 10.7. The minimum absolute atomic E-state index is 0.272. The van der Waals surface area contributed by atoms with Gasteiger partial charge in [0.1, 0.15) is 11.9 Å². The van der Waals surface area contributed by atoms with Gasteiger partial charge in [-0.3, -0.25) is 4.90 Å². The number of nitrogens with one attached hydrogen (secondary N) is 1. The lowest BCUT2D eigenvalue weighted by Crippen LogP contribution is -2.23. The zero-order valence-corrected chi connectivity index (χ0v) is 9.05. The van der Waals surface area contributed by atoms with Crippen LogP contribution in [0, 0.1) is 5.82 Å². The summed E-state index contributed by atoms with van der Waals surface area (Å²) >= 11 is 0. The average molecular weight is 221 g/mol. The van der Waals surface area contributed by atoms with Gasteiger partial charge in [0.25, 0.3) is 0 Å². The van der Waals surface area contributed by atoms with Crippen LogP contribution in [-0.4, -0.2) is 39.6 Å². The molecule has 0 fully saturated rings. The number of rotatable bonds is 3. The molecule has 5 nitrogen and oxygen atoms in total. The molecule has 0 spiro atoms. The number of halogens is 1. The van der Waals surface area contributed by atoms with Crippen LogP contribution in [0.15, 0.2) is 24.3 Å². The largest absolute Gasteiger partial charge is 0.296 e. The van der Waals surface area contributed by atoms with Crippen molar-refractivity contribution in [3.63, 3.8) is 0 Å². The van der Waals surface area contributed by atoms with E-state index in [2.05, 4.69) is 20.6 Å². The van der Waals surface area contributed by atoms with E-state index in [1.54, 1.807) is 18.2 Å². The van der Waals surface area contributed by atoms with Crippen molar-refractivity contribution in [2.75, 3.05) is 14.1 Å². The van der Waals surface area contributed by atoms with Gasteiger partial charge < -0.3 is 0 Å². The monoisotopic (exact) mass is 221 g/mol. The van der Waals surface area contributed by atoms with E-state index >= 15 is 0 Å². The van der Waals surface area contributed by atoms with Crippen molar-refractivity contribution in [1.29, 1.82) is 0 Å². The minimum atomic E-state index is -0.333. The van der Waals surface area contributed by atoms with Gasteiger partial charge in [0, 0.05) is 5.56 Å². The Morgan fingerprint density at radius 1 is 1.31 bits per heavy atom. The first-order valence-corrected chi connectivity index (χ1v) is 4.84. The molecule has 1 unspecified atom stereocenters. The van der Waals surface area contributed by atoms with E-state index in [-0.39, 0.29) is 11.9 Å². The highest BCUT2D eigenvalue weighted by atomic mass is 19.1. The second kappa shape index (κ2) is 4.36. The third-order valence-corrected chi connectivity index (χ3v) is 2.32. The Morgan fingerprint density at radius 2 is 2.06 bits per heavy atom. The molecule has 0 amide bonds. The van der Waals surface area contributed by atoms with Gasteiger partial charge in [0.2, 0.25) is 0 Å². The van der Waals surface area contributed by atoms with Crippen molar-refractivity contribution < 1.29 is 4.39 Å². The van der Waals surface area contributed by atoms with Crippen molar-refractivity contribution in [2.45, 2.75) is 6.04 Å². The summed E-state index contributed by atoms with van der Waals surface area (Å²) in [6.45, 7) is 0. The lowest BCUT2D eigenvalue weighted by molar-refractivity contribution is 0.322. The van der Waals surface area contributed by atoms with Gasteiger partial charge in [-0.1, -0.05) is 23.4 Å². The zero-order chi connectivity index (χ0) is 11.5. The van der Waals surface area contributed by atoms with Crippen molar-refractivity contribution in [3.8, 4) is 0 Å². The van der Waals surface area contributed by atoms with Crippen LogP contribution in [-0.2, 0) is 0 Å². The number of hydrogen-bond donors (Lipinski definition) is 1. The van der Waals surface area contributed by atoms with E-state index in [4.69, 9.17) is 0 Å². The first-order valence-electron chi connectivity index (χ1n) is 4.84. The van der Waals surface area contributed by atoms with Crippen LogP contribution in [0.1, 0.15) is 17.4 Å². The Morgan fingerprint density at radius 3 is 2.62 bits per heavy atom. The molecule has 1 N–H and O–H groups in total. The molecule has 2 rings (SSSR count). The molecule has 0 aliphatic rings. The van der Waals surface area contributed by atoms with Crippen molar-refractivity contribution >= 4 is 0 Å². The molecule has 1 aromatic carbocycles. The molecule has 6 heteroatoms. The van der Waals surface area contributed by atoms with E-state index in [0.717, 1.165) is 0 Å². The van der Waals surface area contributed by atoms with Crippen molar-refractivity contribution in [3.05, 3.63) is 41.5 Å². The lowest BCUT2D eigenvalue weighted by atomic mass is 10.1. The fourth-order valence-electron chi connectivity index (χ4n) is 1.63. The van der Waals surface area contributed by atoms with Crippen LogP contribution in [0.25, 0.3) is 0 Å². The van der Waals surface area contributed by atoms with Gasteiger partial charge in [-0.25, -0.2) is 4.39 Å². The van der Waals surface area contributed by atoms with E-state index in [9.17, 15) is 4.39 Å². The predicted molar refractivity (Wildman–Crippen MR) is 56.1 cm³/mol. The summed E-state index contributed by atoms with van der Waals surface area (Å²) in [5.41, 5.74) is 0.536. The fraction of sp³-hybridized carbons (Fsp3) is 0.300. The molecule has 0 aliphatic heterocycles. The Balaban J connectivity index is 2.45. The van der Waals surface area contributed by atoms with Crippen LogP contribution in [0.5, 0.6) is 0 Å². The number of tetrazole rings is 1. The van der Waals surface area contributed by atoms with Gasteiger partial charge >= 0.3 is 0 Å². The molecule has 84 valence electrons. The van der Waals surface area contributed by atoms with Crippen LogP contribution in [0.2, 0.25) is 0 Å². The van der Waals surface area contributed by atoms with E-state index < -0.39 is 0 Å². The Hall–Kier alpha value is -1.82. The van der Waals surface area contributed by atoms with E-state index in [0.29, 0.717) is 11.4 Å². The zero-order valence-electron chi connectivity index (χ0n) is 9.05. The summed E-state index contributed by atoms with van der Waals surface area (Å²) in [7, 11) is 3.68. The number of benzene rings is 1. The molecule has 0 saturated heterocycles. The summed E-state index contributed by atoms with van der Waals surface area (Å²) in [5, 5.41) is 13.7. The Labute approximate surface area is 92.3 Å². The second-order valence-corrected chi connectivity index (χ2v) is 3.66. The third kappa shape index (κ3) is 1.92. The quantitative estimate of drug-likeness (QED) is 0.839. The van der Waals surface area contributed by atoms with E-state index in [1.165, 1.54) is 6.07 Å². The highest BCUT2D eigenvalue weighted by molar-refractivity contribution is 5.25. The normalized spacial score (nSPS) is 13.0. The lowest BCUT2D eigenvalue weighted by Gasteiger charge is -2.21. The number of aromatic amines is 1. The Kier molecular flexibility index (Phi) is 2.91. The Bertz CT molecular complexity index is 454. The molecule has 2 aromatic rings. The van der Waals surface area contributed by atoms with Crippen molar-refractivity contribution in [2.24, 2.45) is 0 Å². The summed E-state index contributed by atoms with van der Waals surface area (Å²) in [6, 6.07) is 6.25. The number of nitrogens with zero attached hydrogens (tertiary/aromatic N) is 4. The molecule has 0 bridgehead atoms. The fourth-order valence-corrected chi connectivity index (χ4v) is 1.63. The third-order valence-electron chi connectivity index (χ3n) is 2.32. The SMILES string of the molecule is CN(C)C(c1nn[nH]n1)c1ccccc1F. The maximum atomic E-state index is 13.7. The van der Waals surface area contributed by atoms with Crippen LogP contribution >= 0.6 is 0 Å². The molecular weight excluding hydrogens is 209 g/mol. The number of hydrogen-bond acceptors (Lipinski definition) is 4. The van der Waals surface area contributed by atoms with Gasteiger partial charge in [-0.15, -0.1) is 10.2 Å². The van der Waals surface area contributed by atoms with Gasteiger partial charge in [0.05, 0.1) is 0 Å². The maximum absolute atomic E-state index is 13.7. The van der Waals surface area contributed by atoms with Gasteiger partial charge in [-0.2, -0.15) is 5.21 Å². The molecule has 1 atom stereocenters. The molecule has 0 aliphatic carbocycles. The summed E-state index contributed by atoms with van der Waals surface area (Å²) in [4.78, 5) is 1.84. The molecule has 0 saturated carbocycles. The highest BCUT2D eigenvalue weighted by Gasteiger charge is 2.23. The van der Waals surface area contributed by atoms with Crippen LogP contribution in [0.4, 0.5) is 4.39 Å². The second-order valence-electron chi connectivity index (χ2n) is 3.66. The highest BCUT2D eigenvalue weighted by Crippen LogP contribution is 2.25. The van der Waals surface area contributed by atoms with E-state index in [1.807, 2.05) is 19.0 Å². The van der Waals surface area contributed by atoms with Gasteiger partial charge in [-0.05, 0) is 20.2 Å². The molecular formula is C10H12FN5. The van der Waals surface area contributed by atoms with Crippen LogP contribution in [0.3, 0.4) is 0 Å².